The minimum atomic E-state index is 0.650. The smallest absolute Gasteiger partial charge is 0.184 e. The van der Waals surface area contributed by atoms with Crippen LogP contribution in [0.3, 0.4) is 0 Å². The molecule has 0 aliphatic carbocycles. The first-order valence-electron chi connectivity index (χ1n) is 7.67. The van der Waals surface area contributed by atoms with Crippen molar-refractivity contribution in [2.45, 2.75) is 26.3 Å². The van der Waals surface area contributed by atoms with Gasteiger partial charge in [0, 0.05) is 32.2 Å². The fraction of sp³-hybridized carbons (Fsp3) is 0.625. The number of para-hydroxylation sites is 1. The zero-order chi connectivity index (χ0) is 13.9. The molecule has 4 heteroatoms. The van der Waals surface area contributed by atoms with E-state index < -0.39 is 0 Å². The van der Waals surface area contributed by atoms with Crippen molar-refractivity contribution in [3.8, 4) is 11.5 Å². The quantitative estimate of drug-likeness (QED) is 0.846. The molecular formula is C16H24N2O2. The summed E-state index contributed by atoms with van der Waals surface area (Å²) in [5.74, 6) is 1.81. The van der Waals surface area contributed by atoms with Crippen LogP contribution in [0.2, 0.25) is 0 Å². The average molecular weight is 276 g/mol. The number of piperazine rings is 1. The van der Waals surface area contributed by atoms with Gasteiger partial charge in [0.05, 0.1) is 5.69 Å². The molecule has 2 aliphatic rings. The minimum Gasteiger partial charge on any atom is -0.486 e. The van der Waals surface area contributed by atoms with Crippen LogP contribution in [0.1, 0.15) is 20.3 Å². The molecule has 1 fully saturated rings. The molecule has 3 rings (SSSR count). The largest absolute Gasteiger partial charge is 0.486 e. The Morgan fingerprint density at radius 2 is 1.85 bits per heavy atom. The van der Waals surface area contributed by atoms with E-state index in [0.29, 0.717) is 19.3 Å². The van der Waals surface area contributed by atoms with Gasteiger partial charge in [0.25, 0.3) is 0 Å². The average Bonchev–Trinajstić information content (AvgIpc) is 2.54. The van der Waals surface area contributed by atoms with E-state index in [2.05, 4.69) is 35.8 Å². The minimum absolute atomic E-state index is 0.650. The summed E-state index contributed by atoms with van der Waals surface area (Å²) in [7, 11) is 0. The maximum absolute atomic E-state index is 5.82. The fourth-order valence-corrected chi connectivity index (χ4v) is 2.97. The Balaban J connectivity index is 1.72. The third kappa shape index (κ3) is 2.57. The molecule has 110 valence electrons. The molecule has 2 heterocycles. The summed E-state index contributed by atoms with van der Waals surface area (Å²) < 4.78 is 11.5. The van der Waals surface area contributed by atoms with Gasteiger partial charge in [-0.15, -0.1) is 0 Å². The highest BCUT2D eigenvalue weighted by molar-refractivity contribution is 5.65. The van der Waals surface area contributed by atoms with Gasteiger partial charge in [-0.25, -0.2) is 0 Å². The highest BCUT2D eigenvalue weighted by atomic mass is 16.6. The Hall–Kier alpha value is -1.42. The number of hydrogen-bond donors (Lipinski definition) is 0. The number of ether oxygens (including phenoxy) is 2. The predicted octanol–water partition coefficient (Wildman–Crippen LogP) is 2.38. The van der Waals surface area contributed by atoms with Crippen molar-refractivity contribution in [1.82, 2.24) is 4.90 Å². The van der Waals surface area contributed by atoms with Gasteiger partial charge in [-0.3, -0.25) is 4.90 Å². The highest BCUT2D eigenvalue weighted by Gasteiger charge is 2.24. The van der Waals surface area contributed by atoms with Crippen molar-refractivity contribution < 1.29 is 9.47 Å². The second-order valence-electron chi connectivity index (χ2n) is 5.58. The SMILES string of the molecule is CCC(C)N1CCN(c2cccc3c2OCCO3)CC1. The van der Waals surface area contributed by atoms with Crippen LogP contribution in [0.25, 0.3) is 0 Å². The first kappa shape index (κ1) is 13.6. The van der Waals surface area contributed by atoms with Gasteiger partial charge in [-0.05, 0) is 25.5 Å². The van der Waals surface area contributed by atoms with Crippen LogP contribution in [-0.2, 0) is 0 Å². The van der Waals surface area contributed by atoms with Crippen LogP contribution in [-0.4, -0.2) is 50.3 Å². The van der Waals surface area contributed by atoms with Gasteiger partial charge in [-0.1, -0.05) is 13.0 Å². The number of fused-ring (bicyclic) bond motifs is 1. The molecule has 1 atom stereocenters. The summed E-state index contributed by atoms with van der Waals surface area (Å²) in [5.41, 5.74) is 1.19. The monoisotopic (exact) mass is 276 g/mol. The summed E-state index contributed by atoms with van der Waals surface area (Å²) in [6.07, 6.45) is 1.22. The van der Waals surface area contributed by atoms with E-state index in [-0.39, 0.29) is 0 Å². The van der Waals surface area contributed by atoms with E-state index in [1.165, 1.54) is 12.1 Å². The lowest BCUT2D eigenvalue weighted by molar-refractivity contribution is 0.169. The molecule has 0 N–H and O–H groups in total. The van der Waals surface area contributed by atoms with Crippen molar-refractivity contribution in [3.05, 3.63) is 18.2 Å². The number of rotatable bonds is 3. The fourth-order valence-electron chi connectivity index (χ4n) is 2.97. The summed E-state index contributed by atoms with van der Waals surface area (Å²) in [4.78, 5) is 5.00. The Labute approximate surface area is 121 Å². The molecule has 1 saturated heterocycles. The third-order valence-corrected chi connectivity index (χ3v) is 4.41. The normalized spacial score (nSPS) is 20.8. The molecular weight excluding hydrogens is 252 g/mol. The molecule has 0 amide bonds. The molecule has 0 radical (unpaired) electrons. The number of benzene rings is 1. The van der Waals surface area contributed by atoms with Crippen molar-refractivity contribution in [3.63, 3.8) is 0 Å². The molecule has 0 aromatic heterocycles. The van der Waals surface area contributed by atoms with E-state index in [4.69, 9.17) is 9.47 Å². The van der Waals surface area contributed by atoms with E-state index in [9.17, 15) is 0 Å². The highest BCUT2D eigenvalue weighted by Crippen LogP contribution is 2.39. The molecule has 4 nitrogen and oxygen atoms in total. The lowest BCUT2D eigenvalue weighted by Gasteiger charge is -2.39. The Morgan fingerprint density at radius 3 is 2.60 bits per heavy atom. The maximum Gasteiger partial charge on any atom is 0.184 e. The third-order valence-electron chi connectivity index (χ3n) is 4.41. The van der Waals surface area contributed by atoms with Crippen LogP contribution in [0.4, 0.5) is 5.69 Å². The Morgan fingerprint density at radius 1 is 1.10 bits per heavy atom. The summed E-state index contributed by atoms with van der Waals surface area (Å²) in [6, 6.07) is 6.88. The van der Waals surface area contributed by atoms with Gasteiger partial charge < -0.3 is 14.4 Å². The van der Waals surface area contributed by atoms with Crippen LogP contribution in [0.5, 0.6) is 11.5 Å². The number of anilines is 1. The van der Waals surface area contributed by atoms with Crippen LogP contribution in [0, 0.1) is 0 Å². The van der Waals surface area contributed by atoms with Gasteiger partial charge in [0.1, 0.15) is 13.2 Å². The van der Waals surface area contributed by atoms with E-state index in [1.807, 2.05) is 6.07 Å². The van der Waals surface area contributed by atoms with Crippen LogP contribution < -0.4 is 14.4 Å². The van der Waals surface area contributed by atoms with Crippen molar-refractivity contribution >= 4 is 5.69 Å². The Kier molecular flexibility index (Phi) is 4.01. The van der Waals surface area contributed by atoms with Crippen molar-refractivity contribution in [2.75, 3.05) is 44.3 Å². The lowest BCUT2D eigenvalue weighted by Crippen LogP contribution is -2.49. The number of nitrogens with zero attached hydrogens (tertiary/aromatic N) is 2. The lowest BCUT2D eigenvalue weighted by atomic mass is 10.1. The molecule has 0 bridgehead atoms. The molecule has 1 unspecified atom stereocenters. The summed E-state index contributed by atoms with van der Waals surface area (Å²) >= 11 is 0. The van der Waals surface area contributed by atoms with Gasteiger partial charge in [-0.2, -0.15) is 0 Å². The van der Waals surface area contributed by atoms with E-state index in [0.717, 1.165) is 37.7 Å². The zero-order valence-electron chi connectivity index (χ0n) is 12.5. The standard InChI is InChI=1S/C16H24N2O2/c1-3-13(2)17-7-9-18(10-8-17)14-5-4-6-15-16(14)20-12-11-19-15/h4-6,13H,3,7-12H2,1-2H3. The molecule has 20 heavy (non-hydrogen) atoms. The molecule has 2 aliphatic heterocycles. The summed E-state index contributed by atoms with van der Waals surface area (Å²) in [6.45, 7) is 10.2. The molecule has 1 aromatic rings. The maximum atomic E-state index is 5.82. The second-order valence-corrected chi connectivity index (χ2v) is 5.58. The van der Waals surface area contributed by atoms with Gasteiger partial charge in [0.2, 0.25) is 0 Å². The number of hydrogen-bond acceptors (Lipinski definition) is 4. The van der Waals surface area contributed by atoms with Gasteiger partial charge in [0.15, 0.2) is 11.5 Å². The van der Waals surface area contributed by atoms with E-state index >= 15 is 0 Å². The zero-order valence-corrected chi connectivity index (χ0v) is 12.5. The second kappa shape index (κ2) is 5.92. The molecule has 0 saturated carbocycles. The van der Waals surface area contributed by atoms with E-state index in [1.54, 1.807) is 0 Å². The van der Waals surface area contributed by atoms with Crippen LogP contribution in [0.15, 0.2) is 18.2 Å². The van der Waals surface area contributed by atoms with Gasteiger partial charge >= 0.3 is 0 Å². The predicted molar refractivity (Wildman–Crippen MR) is 81.0 cm³/mol. The topological polar surface area (TPSA) is 24.9 Å². The molecule has 0 spiro atoms. The molecule has 1 aromatic carbocycles. The Bertz CT molecular complexity index is 456. The van der Waals surface area contributed by atoms with Crippen LogP contribution >= 0.6 is 0 Å². The first-order valence-corrected chi connectivity index (χ1v) is 7.67. The van der Waals surface area contributed by atoms with Crippen molar-refractivity contribution in [2.24, 2.45) is 0 Å². The van der Waals surface area contributed by atoms with Crippen molar-refractivity contribution in [1.29, 1.82) is 0 Å². The summed E-state index contributed by atoms with van der Waals surface area (Å²) in [5, 5.41) is 0. The first-order chi connectivity index (χ1) is 9.79.